The minimum absolute atomic E-state index is 0.266. The van der Waals surface area contributed by atoms with Crippen LogP contribution in [-0.4, -0.2) is 31.4 Å². The van der Waals surface area contributed by atoms with E-state index in [-0.39, 0.29) is 11.8 Å². The zero-order valence-corrected chi connectivity index (χ0v) is 10.9. The Morgan fingerprint density at radius 3 is 2.71 bits per heavy atom. The van der Waals surface area contributed by atoms with E-state index in [2.05, 4.69) is 4.90 Å². The van der Waals surface area contributed by atoms with E-state index >= 15 is 0 Å². The fourth-order valence-electron chi connectivity index (χ4n) is 2.58. The summed E-state index contributed by atoms with van der Waals surface area (Å²) in [7, 11) is 3.99. The number of carbonyl (C=O) groups is 1. The number of hydrogen-bond donors (Lipinski definition) is 1. The average Bonchev–Trinajstić information content (AvgIpc) is 2.93. The lowest BCUT2D eigenvalue weighted by Crippen LogP contribution is -2.33. The van der Waals surface area contributed by atoms with Crippen LogP contribution in [0.25, 0.3) is 0 Å². The van der Waals surface area contributed by atoms with Crippen LogP contribution < -0.4 is 5.73 Å². The van der Waals surface area contributed by atoms with Gasteiger partial charge in [0.05, 0.1) is 5.41 Å². The molecule has 2 atom stereocenters. The van der Waals surface area contributed by atoms with E-state index in [4.69, 9.17) is 17.3 Å². The highest BCUT2D eigenvalue weighted by Gasteiger charge is 2.60. The second-order valence-corrected chi connectivity index (χ2v) is 5.39. The maximum atomic E-state index is 11.8. The summed E-state index contributed by atoms with van der Waals surface area (Å²) in [5.41, 5.74) is 5.91. The predicted octanol–water partition coefficient (Wildman–Crippen LogP) is 1.64. The van der Waals surface area contributed by atoms with Crippen molar-refractivity contribution < 1.29 is 4.79 Å². The third kappa shape index (κ3) is 2.05. The molecule has 3 nitrogen and oxygen atoms in total. The normalized spacial score (nSPS) is 27.2. The van der Waals surface area contributed by atoms with E-state index in [0.717, 1.165) is 18.5 Å². The van der Waals surface area contributed by atoms with Crippen LogP contribution in [0.4, 0.5) is 0 Å². The summed E-state index contributed by atoms with van der Waals surface area (Å²) in [6.07, 6.45) is 0.796. The Hall–Kier alpha value is -1.06. The lowest BCUT2D eigenvalue weighted by atomic mass is 9.92. The molecule has 2 rings (SSSR count). The van der Waals surface area contributed by atoms with E-state index in [1.54, 1.807) is 0 Å². The lowest BCUT2D eigenvalue weighted by molar-refractivity contribution is -0.120. The van der Waals surface area contributed by atoms with Crippen molar-refractivity contribution in [3.63, 3.8) is 0 Å². The van der Waals surface area contributed by atoms with Crippen LogP contribution in [0, 0.1) is 5.92 Å². The van der Waals surface area contributed by atoms with Crippen molar-refractivity contribution in [3.05, 3.63) is 34.9 Å². The Balaban J connectivity index is 2.33. The fraction of sp³-hybridized carbons (Fsp3) is 0.462. The topological polar surface area (TPSA) is 46.3 Å². The first-order chi connectivity index (χ1) is 7.98. The molecule has 0 saturated heterocycles. The van der Waals surface area contributed by atoms with Crippen molar-refractivity contribution in [2.75, 3.05) is 20.6 Å². The molecular weight excluding hydrogens is 236 g/mol. The van der Waals surface area contributed by atoms with Crippen LogP contribution in [0.3, 0.4) is 0 Å². The molecule has 1 aliphatic carbocycles. The third-order valence-corrected chi connectivity index (χ3v) is 3.81. The number of carbonyl (C=O) groups excluding carboxylic acids is 1. The molecule has 1 amide bonds. The number of nitrogens with two attached hydrogens (primary N) is 1. The summed E-state index contributed by atoms with van der Waals surface area (Å²) in [5, 5.41) is 0.632. The Bertz CT molecular complexity index is 447. The first-order valence-corrected chi connectivity index (χ1v) is 6.06. The van der Waals surface area contributed by atoms with Gasteiger partial charge in [-0.25, -0.2) is 0 Å². The van der Waals surface area contributed by atoms with Gasteiger partial charge in [-0.1, -0.05) is 29.8 Å². The van der Waals surface area contributed by atoms with Crippen molar-refractivity contribution in [2.45, 2.75) is 11.8 Å². The third-order valence-electron chi connectivity index (χ3n) is 3.48. The lowest BCUT2D eigenvalue weighted by Gasteiger charge is -2.17. The Labute approximate surface area is 107 Å². The quantitative estimate of drug-likeness (QED) is 0.886. The highest BCUT2D eigenvalue weighted by Crippen LogP contribution is 2.55. The van der Waals surface area contributed by atoms with E-state index < -0.39 is 5.41 Å². The summed E-state index contributed by atoms with van der Waals surface area (Å²) in [6.45, 7) is 0.855. The first kappa shape index (κ1) is 12.4. The van der Waals surface area contributed by atoms with Gasteiger partial charge < -0.3 is 10.6 Å². The van der Waals surface area contributed by atoms with Gasteiger partial charge in [0.1, 0.15) is 0 Å². The molecule has 0 bridgehead atoms. The molecule has 1 aliphatic rings. The van der Waals surface area contributed by atoms with Crippen molar-refractivity contribution in [2.24, 2.45) is 11.7 Å². The van der Waals surface area contributed by atoms with Crippen LogP contribution in [0.1, 0.15) is 12.0 Å². The van der Waals surface area contributed by atoms with E-state index in [9.17, 15) is 4.79 Å². The van der Waals surface area contributed by atoms with Gasteiger partial charge in [0.2, 0.25) is 5.91 Å². The van der Waals surface area contributed by atoms with Crippen molar-refractivity contribution >= 4 is 17.5 Å². The minimum Gasteiger partial charge on any atom is -0.369 e. The Morgan fingerprint density at radius 1 is 1.53 bits per heavy atom. The highest BCUT2D eigenvalue weighted by atomic mass is 35.5. The monoisotopic (exact) mass is 252 g/mol. The van der Waals surface area contributed by atoms with Gasteiger partial charge in [-0.2, -0.15) is 0 Å². The summed E-state index contributed by atoms with van der Waals surface area (Å²) >= 11 is 6.17. The van der Waals surface area contributed by atoms with Crippen molar-refractivity contribution in [3.8, 4) is 0 Å². The molecule has 0 spiro atoms. The summed E-state index contributed by atoms with van der Waals surface area (Å²) < 4.78 is 0. The smallest absolute Gasteiger partial charge is 0.228 e. The summed E-state index contributed by atoms with van der Waals surface area (Å²) in [5.74, 6) is 0.00681. The second kappa shape index (κ2) is 4.31. The first-order valence-electron chi connectivity index (χ1n) is 5.68. The molecule has 92 valence electrons. The van der Waals surface area contributed by atoms with E-state index in [1.165, 1.54) is 0 Å². The van der Waals surface area contributed by atoms with E-state index in [1.807, 2.05) is 38.4 Å². The molecule has 0 aliphatic heterocycles. The van der Waals surface area contributed by atoms with E-state index in [0.29, 0.717) is 5.02 Å². The number of amides is 1. The van der Waals surface area contributed by atoms with Crippen LogP contribution in [-0.2, 0) is 10.2 Å². The van der Waals surface area contributed by atoms with Crippen LogP contribution in [0.5, 0.6) is 0 Å². The fourth-order valence-corrected chi connectivity index (χ4v) is 2.88. The van der Waals surface area contributed by atoms with Gasteiger partial charge >= 0.3 is 0 Å². The molecule has 2 N–H and O–H groups in total. The molecule has 1 fully saturated rings. The summed E-state index contributed by atoms with van der Waals surface area (Å²) in [6, 6.07) is 7.48. The number of hydrogen-bond acceptors (Lipinski definition) is 2. The minimum atomic E-state index is -0.553. The predicted molar refractivity (Wildman–Crippen MR) is 69.0 cm³/mol. The molecule has 17 heavy (non-hydrogen) atoms. The summed E-state index contributed by atoms with van der Waals surface area (Å²) in [4.78, 5) is 13.8. The van der Waals surface area contributed by atoms with Gasteiger partial charge in [-0.15, -0.1) is 0 Å². The number of halogens is 1. The SMILES string of the molecule is CN(C)CC1CC1(C(N)=O)c1ccccc1Cl. The van der Waals surface area contributed by atoms with Crippen molar-refractivity contribution in [1.29, 1.82) is 0 Å². The van der Waals surface area contributed by atoms with Gasteiger partial charge in [0, 0.05) is 11.6 Å². The molecule has 1 aromatic carbocycles. The van der Waals surface area contributed by atoms with Gasteiger partial charge in [-0.3, -0.25) is 4.79 Å². The Morgan fingerprint density at radius 2 is 2.18 bits per heavy atom. The van der Waals surface area contributed by atoms with Gasteiger partial charge in [0.25, 0.3) is 0 Å². The number of rotatable bonds is 4. The Kier molecular flexibility index (Phi) is 3.15. The standard InChI is InChI=1S/C13H17ClN2O/c1-16(2)8-9-7-13(9,12(15)17)10-5-3-4-6-11(10)14/h3-6,9H,7-8H2,1-2H3,(H2,15,17). The molecule has 1 aromatic rings. The zero-order chi connectivity index (χ0) is 12.6. The molecular formula is C13H17ClN2O. The molecule has 4 heteroatoms. The highest BCUT2D eigenvalue weighted by molar-refractivity contribution is 6.31. The molecule has 1 saturated carbocycles. The molecule has 2 unspecified atom stereocenters. The van der Waals surface area contributed by atoms with Gasteiger partial charge in [-0.05, 0) is 38.1 Å². The zero-order valence-electron chi connectivity index (χ0n) is 10.1. The number of nitrogens with zero attached hydrogens (tertiary/aromatic N) is 1. The largest absolute Gasteiger partial charge is 0.369 e. The second-order valence-electron chi connectivity index (χ2n) is 4.98. The molecule has 0 radical (unpaired) electrons. The average molecular weight is 253 g/mol. The van der Waals surface area contributed by atoms with Gasteiger partial charge in [0.15, 0.2) is 0 Å². The van der Waals surface area contributed by atoms with Crippen LogP contribution >= 0.6 is 11.6 Å². The maximum Gasteiger partial charge on any atom is 0.228 e. The van der Waals surface area contributed by atoms with Crippen LogP contribution in [0.15, 0.2) is 24.3 Å². The van der Waals surface area contributed by atoms with Crippen LogP contribution in [0.2, 0.25) is 5.02 Å². The molecule has 0 aromatic heterocycles. The molecule has 0 heterocycles. The number of benzene rings is 1. The maximum absolute atomic E-state index is 11.8. The van der Waals surface area contributed by atoms with Crippen molar-refractivity contribution in [1.82, 2.24) is 4.90 Å². The number of primary amides is 1.